The first kappa shape index (κ1) is 10.2. The van der Waals surface area contributed by atoms with E-state index in [1.54, 1.807) is 6.92 Å². The van der Waals surface area contributed by atoms with Crippen LogP contribution in [-0.4, -0.2) is 11.9 Å². The molecule has 0 radical (unpaired) electrons. The molecule has 0 saturated carbocycles. The summed E-state index contributed by atoms with van der Waals surface area (Å²) in [5.74, 6) is 0. The standard InChI is InChI=1S/C11H13N3/c1-9(8-12)13-14-10(2)11-6-4-3-5-7-11/h3-8,12,14H,2H2,1H3. The molecular weight excluding hydrogens is 174 g/mol. The van der Waals surface area contributed by atoms with E-state index in [0.717, 1.165) is 11.3 Å². The highest BCUT2D eigenvalue weighted by Gasteiger charge is 1.94. The Hall–Kier alpha value is -1.90. The number of hydrogen-bond acceptors (Lipinski definition) is 3. The molecule has 0 spiro atoms. The third kappa shape index (κ3) is 2.86. The van der Waals surface area contributed by atoms with Crippen LogP contribution in [0.1, 0.15) is 12.5 Å². The quantitative estimate of drug-likeness (QED) is 0.551. The van der Waals surface area contributed by atoms with Crippen molar-refractivity contribution in [1.29, 1.82) is 5.41 Å². The summed E-state index contributed by atoms with van der Waals surface area (Å²) in [6.45, 7) is 5.59. The van der Waals surface area contributed by atoms with Crippen LogP contribution in [0.25, 0.3) is 5.70 Å². The molecule has 1 aromatic rings. The Kier molecular flexibility index (Phi) is 3.61. The molecule has 0 aromatic heterocycles. The fourth-order valence-corrected chi connectivity index (χ4v) is 0.892. The Balaban J connectivity index is 2.65. The first-order valence-corrected chi connectivity index (χ1v) is 4.29. The topological polar surface area (TPSA) is 48.2 Å². The minimum Gasteiger partial charge on any atom is -0.307 e. The van der Waals surface area contributed by atoms with Crippen molar-refractivity contribution in [3.63, 3.8) is 0 Å². The van der Waals surface area contributed by atoms with Crippen LogP contribution >= 0.6 is 0 Å². The Morgan fingerprint density at radius 3 is 2.64 bits per heavy atom. The van der Waals surface area contributed by atoms with Gasteiger partial charge in [0.05, 0.1) is 11.4 Å². The average Bonchev–Trinajstić information content (AvgIpc) is 2.26. The zero-order valence-electron chi connectivity index (χ0n) is 8.12. The van der Waals surface area contributed by atoms with Gasteiger partial charge in [-0.3, -0.25) is 5.43 Å². The lowest BCUT2D eigenvalue weighted by molar-refractivity contribution is 0.996. The predicted octanol–water partition coefficient (Wildman–Crippen LogP) is 2.27. The molecule has 0 bridgehead atoms. The number of nitrogens with zero attached hydrogens (tertiary/aromatic N) is 1. The maximum atomic E-state index is 6.93. The summed E-state index contributed by atoms with van der Waals surface area (Å²) >= 11 is 0. The van der Waals surface area contributed by atoms with Crippen LogP contribution in [0.2, 0.25) is 0 Å². The van der Waals surface area contributed by atoms with Gasteiger partial charge in [0.25, 0.3) is 0 Å². The number of hydrazone groups is 1. The van der Waals surface area contributed by atoms with Crippen molar-refractivity contribution in [1.82, 2.24) is 5.43 Å². The molecule has 14 heavy (non-hydrogen) atoms. The van der Waals surface area contributed by atoms with Crippen LogP contribution in [0.5, 0.6) is 0 Å². The lowest BCUT2D eigenvalue weighted by Crippen LogP contribution is -2.07. The number of rotatable bonds is 4. The van der Waals surface area contributed by atoms with Gasteiger partial charge in [-0.15, -0.1) is 0 Å². The minimum atomic E-state index is 0.613. The van der Waals surface area contributed by atoms with Crippen LogP contribution in [0, 0.1) is 5.41 Å². The van der Waals surface area contributed by atoms with Crippen molar-refractivity contribution >= 4 is 17.6 Å². The van der Waals surface area contributed by atoms with Crippen molar-refractivity contribution in [2.45, 2.75) is 6.92 Å². The van der Waals surface area contributed by atoms with Gasteiger partial charge < -0.3 is 5.41 Å². The molecule has 3 nitrogen and oxygen atoms in total. The van der Waals surface area contributed by atoms with Crippen molar-refractivity contribution in [3.05, 3.63) is 42.5 Å². The highest BCUT2D eigenvalue weighted by molar-refractivity contribution is 6.28. The van der Waals surface area contributed by atoms with Crippen molar-refractivity contribution in [2.24, 2.45) is 5.10 Å². The highest BCUT2D eigenvalue weighted by atomic mass is 15.3. The highest BCUT2D eigenvalue weighted by Crippen LogP contribution is 2.07. The molecule has 0 amide bonds. The van der Waals surface area contributed by atoms with E-state index in [0.29, 0.717) is 5.71 Å². The lowest BCUT2D eigenvalue weighted by Gasteiger charge is -2.04. The molecule has 1 aromatic carbocycles. The van der Waals surface area contributed by atoms with E-state index in [1.807, 2.05) is 30.3 Å². The summed E-state index contributed by atoms with van der Waals surface area (Å²) in [6, 6.07) is 9.73. The summed E-state index contributed by atoms with van der Waals surface area (Å²) in [5.41, 5.74) is 5.13. The molecule has 0 aliphatic heterocycles. The Bertz CT molecular complexity index is 352. The molecule has 72 valence electrons. The van der Waals surface area contributed by atoms with Gasteiger partial charge in [0, 0.05) is 6.21 Å². The summed E-state index contributed by atoms with van der Waals surface area (Å²) in [4.78, 5) is 0. The average molecular weight is 187 g/mol. The molecule has 0 heterocycles. The van der Waals surface area contributed by atoms with Crippen LogP contribution in [0.4, 0.5) is 0 Å². The van der Waals surface area contributed by atoms with Crippen molar-refractivity contribution in [3.8, 4) is 0 Å². The van der Waals surface area contributed by atoms with E-state index in [-0.39, 0.29) is 0 Å². The second-order valence-corrected chi connectivity index (χ2v) is 2.85. The number of benzene rings is 1. The molecule has 0 aliphatic rings. The van der Waals surface area contributed by atoms with Gasteiger partial charge in [-0.1, -0.05) is 36.9 Å². The lowest BCUT2D eigenvalue weighted by atomic mass is 10.2. The van der Waals surface area contributed by atoms with E-state index in [4.69, 9.17) is 5.41 Å². The van der Waals surface area contributed by atoms with Gasteiger partial charge in [0.2, 0.25) is 0 Å². The van der Waals surface area contributed by atoms with E-state index in [1.165, 1.54) is 6.21 Å². The van der Waals surface area contributed by atoms with Crippen LogP contribution in [-0.2, 0) is 0 Å². The summed E-state index contributed by atoms with van der Waals surface area (Å²) in [7, 11) is 0. The van der Waals surface area contributed by atoms with Gasteiger partial charge in [-0.2, -0.15) is 5.10 Å². The monoisotopic (exact) mass is 187 g/mol. The summed E-state index contributed by atoms with van der Waals surface area (Å²) in [6.07, 6.45) is 1.19. The molecule has 0 aliphatic carbocycles. The maximum absolute atomic E-state index is 6.93. The van der Waals surface area contributed by atoms with Gasteiger partial charge in [0.15, 0.2) is 0 Å². The van der Waals surface area contributed by atoms with Crippen LogP contribution in [0.15, 0.2) is 42.0 Å². The molecule has 0 fully saturated rings. The molecular formula is C11H13N3. The first-order chi connectivity index (χ1) is 6.74. The predicted molar refractivity (Wildman–Crippen MR) is 60.5 cm³/mol. The van der Waals surface area contributed by atoms with Crippen molar-refractivity contribution < 1.29 is 0 Å². The van der Waals surface area contributed by atoms with Gasteiger partial charge >= 0.3 is 0 Å². The molecule has 0 saturated heterocycles. The Labute approximate surface area is 83.7 Å². The fraction of sp³-hybridized carbons (Fsp3) is 0.0909. The molecule has 1 rings (SSSR count). The van der Waals surface area contributed by atoms with E-state index >= 15 is 0 Å². The third-order valence-corrected chi connectivity index (χ3v) is 1.70. The molecule has 3 heteroatoms. The van der Waals surface area contributed by atoms with E-state index < -0.39 is 0 Å². The van der Waals surface area contributed by atoms with E-state index in [2.05, 4.69) is 17.1 Å². The number of nitrogens with one attached hydrogen (secondary N) is 2. The second-order valence-electron chi connectivity index (χ2n) is 2.85. The fourth-order valence-electron chi connectivity index (χ4n) is 0.892. The summed E-state index contributed by atoms with van der Waals surface area (Å²) in [5, 5.41) is 10.9. The summed E-state index contributed by atoms with van der Waals surface area (Å²) < 4.78 is 0. The Morgan fingerprint density at radius 1 is 1.43 bits per heavy atom. The van der Waals surface area contributed by atoms with Crippen LogP contribution in [0.3, 0.4) is 0 Å². The zero-order chi connectivity index (χ0) is 10.4. The largest absolute Gasteiger partial charge is 0.307 e. The van der Waals surface area contributed by atoms with Gasteiger partial charge in [-0.05, 0) is 12.5 Å². The maximum Gasteiger partial charge on any atom is 0.0751 e. The molecule has 2 N–H and O–H groups in total. The smallest absolute Gasteiger partial charge is 0.0751 e. The van der Waals surface area contributed by atoms with E-state index in [9.17, 15) is 0 Å². The van der Waals surface area contributed by atoms with Gasteiger partial charge in [-0.25, -0.2) is 0 Å². The molecule has 0 atom stereocenters. The second kappa shape index (κ2) is 4.97. The third-order valence-electron chi connectivity index (χ3n) is 1.70. The number of hydrogen-bond donors (Lipinski definition) is 2. The SMILES string of the molecule is C=C(NN=C(C)C=N)c1ccccc1. The zero-order valence-corrected chi connectivity index (χ0v) is 8.12. The molecule has 0 unspecified atom stereocenters. The van der Waals surface area contributed by atoms with Crippen molar-refractivity contribution in [2.75, 3.05) is 0 Å². The first-order valence-electron chi connectivity index (χ1n) is 4.29. The van der Waals surface area contributed by atoms with Crippen LogP contribution < -0.4 is 5.43 Å². The van der Waals surface area contributed by atoms with Gasteiger partial charge in [0.1, 0.15) is 0 Å². The Morgan fingerprint density at radius 2 is 2.07 bits per heavy atom. The minimum absolute atomic E-state index is 0.613. The normalized spacial score (nSPS) is 10.8.